The van der Waals surface area contributed by atoms with Gasteiger partial charge in [0.2, 0.25) is 0 Å². The first kappa shape index (κ1) is 9.96. The van der Waals surface area contributed by atoms with Crippen LogP contribution in [-0.2, 0) is 4.74 Å². The molecule has 0 radical (unpaired) electrons. The zero-order chi connectivity index (χ0) is 8.20. The summed E-state index contributed by atoms with van der Waals surface area (Å²) >= 11 is 0. The third kappa shape index (κ3) is 7.96. The molecule has 0 heterocycles. The van der Waals surface area contributed by atoms with Crippen molar-refractivity contribution in [1.29, 1.82) is 0 Å². The zero-order valence-corrected chi connectivity index (χ0v) is 7.90. The molecule has 0 unspecified atom stereocenters. The third-order valence-corrected chi connectivity index (χ3v) is 1.30. The number of hydrogen-bond donors (Lipinski definition) is 0. The molecule has 1 heteroatoms. The smallest absolute Gasteiger partial charge is 0.0518 e. The fourth-order valence-electron chi connectivity index (χ4n) is 0.601. The van der Waals surface area contributed by atoms with Crippen LogP contribution >= 0.6 is 0 Å². The van der Waals surface area contributed by atoms with Crippen LogP contribution in [0.15, 0.2) is 0 Å². The van der Waals surface area contributed by atoms with Crippen molar-refractivity contribution in [2.24, 2.45) is 5.41 Å². The van der Waals surface area contributed by atoms with Gasteiger partial charge in [-0.05, 0) is 25.7 Å². The molecule has 0 saturated heterocycles. The molecule has 0 bridgehead atoms. The fourth-order valence-corrected chi connectivity index (χ4v) is 0.601. The molecule has 10 heavy (non-hydrogen) atoms. The summed E-state index contributed by atoms with van der Waals surface area (Å²) in [6, 6.07) is 0. The van der Waals surface area contributed by atoms with Gasteiger partial charge in [-0.1, -0.05) is 20.8 Å². The normalized spacial score (nSPS) is 12.6. The first-order chi connectivity index (χ1) is 4.42. The molecule has 0 saturated carbocycles. The second-order valence-electron chi connectivity index (χ2n) is 4.23. The molecule has 0 rings (SSSR count). The van der Waals surface area contributed by atoms with Crippen LogP contribution < -0.4 is 0 Å². The van der Waals surface area contributed by atoms with Crippen LogP contribution in [0.4, 0.5) is 0 Å². The van der Waals surface area contributed by atoms with Crippen molar-refractivity contribution in [3.8, 4) is 0 Å². The summed E-state index contributed by atoms with van der Waals surface area (Å²) in [5, 5.41) is 0. The summed E-state index contributed by atoms with van der Waals surface area (Å²) in [7, 11) is 0. The average molecular weight is 144 g/mol. The molecule has 0 aliphatic carbocycles. The van der Waals surface area contributed by atoms with Crippen molar-refractivity contribution < 1.29 is 4.74 Å². The summed E-state index contributed by atoms with van der Waals surface area (Å²) in [6.45, 7) is 11.7. The highest BCUT2D eigenvalue weighted by atomic mass is 16.5. The molecule has 0 aromatic heterocycles. The molecule has 0 aromatic rings. The maximum absolute atomic E-state index is 5.42. The van der Waals surface area contributed by atoms with Crippen LogP contribution in [0.5, 0.6) is 0 Å². The van der Waals surface area contributed by atoms with Crippen LogP contribution in [0.25, 0.3) is 0 Å². The molecule has 0 N–H and O–H groups in total. The minimum atomic E-state index is 0.377. The van der Waals surface area contributed by atoms with Gasteiger partial charge in [-0.3, -0.25) is 0 Å². The van der Waals surface area contributed by atoms with Crippen LogP contribution in [0.2, 0.25) is 0 Å². The van der Waals surface area contributed by atoms with E-state index in [-0.39, 0.29) is 0 Å². The monoisotopic (exact) mass is 144 g/mol. The molecule has 0 atom stereocenters. The van der Waals surface area contributed by atoms with E-state index >= 15 is 0 Å². The van der Waals surface area contributed by atoms with Crippen molar-refractivity contribution in [2.75, 3.05) is 6.61 Å². The van der Waals surface area contributed by atoms with Crippen molar-refractivity contribution >= 4 is 0 Å². The Balaban J connectivity index is 3.21. The SMILES string of the molecule is CC(C)OCCC(C)(C)C. The summed E-state index contributed by atoms with van der Waals surface area (Å²) in [4.78, 5) is 0. The van der Waals surface area contributed by atoms with Crippen molar-refractivity contribution in [2.45, 2.75) is 47.1 Å². The van der Waals surface area contributed by atoms with Gasteiger partial charge in [0.05, 0.1) is 6.10 Å². The number of rotatable bonds is 3. The van der Waals surface area contributed by atoms with E-state index in [1.54, 1.807) is 0 Å². The van der Waals surface area contributed by atoms with Gasteiger partial charge in [-0.25, -0.2) is 0 Å². The molecule has 0 amide bonds. The fraction of sp³-hybridized carbons (Fsp3) is 1.00. The van der Waals surface area contributed by atoms with Crippen molar-refractivity contribution in [3.05, 3.63) is 0 Å². The van der Waals surface area contributed by atoms with E-state index in [1.165, 1.54) is 0 Å². The van der Waals surface area contributed by atoms with E-state index in [0.29, 0.717) is 11.5 Å². The highest BCUT2D eigenvalue weighted by Crippen LogP contribution is 2.18. The van der Waals surface area contributed by atoms with Crippen molar-refractivity contribution in [1.82, 2.24) is 0 Å². The van der Waals surface area contributed by atoms with Crippen LogP contribution in [-0.4, -0.2) is 12.7 Å². The second-order valence-corrected chi connectivity index (χ2v) is 4.23. The van der Waals surface area contributed by atoms with Gasteiger partial charge >= 0.3 is 0 Å². The lowest BCUT2D eigenvalue weighted by Crippen LogP contribution is -2.12. The lowest BCUT2D eigenvalue weighted by Gasteiger charge is -2.18. The molecule has 0 aliphatic heterocycles. The molecule has 0 aromatic carbocycles. The maximum atomic E-state index is 5.42. The van der Waals surface area contributed by atoms with Gasteiger partial charge < -0.3 is 4.74 Å². The van der Waals surface area contributed by atoms with E-state index in [1.807, 2.05) is 0 Å². The Kier molecular flexibility index (Phi) is 3.95. The minimum absolute atomic E-state index is 0.377. The lowest BCUT2D eigenvalue weighted by molar-refractivity contribution is 0.0604. The Morgan fingerprint density at radius 3 is 2.00 bits per heavy atom. The maximum Gasteiger partial charge on any atom is 0.0518 e. The van der Waals surface area contributed by atoms with Gasteiger partial charge in [0.25, 0.3) is 0 Å². The predicted octanol–water partition coefficient (Wildman–Crippen LogP) is 2.85. The summed E-state index contributed by atoms with van der Waals surface area (Å²) < 4.78 is 5.42. The average Bonchev–Trinajstić information content (AvgIpc) is 1.59. The summed E-state index contributed by atoms with van der Waals surface area (Å²) in [5.74, 6) is 0. The van der Waals surface area contributed by atoms with E-state index in [2.05, 4.69) is 34.6 Å². The summed E-state index contributed by atoms with van der Waals surface area (Å²) in [6.07, 6.45) is 1.52. The first-order valence-corrected chi connectivity index (χ1v) is 4.03. The Morgan fingerprint density at radius 1 is 1.20 bits per heavy atom. The van der Waals surface area contributed by atoms with Gasteiger partial charge in [0.1, 0.15) is 0 Å². The molecular formula is C9H20O. The van der Waals surface area contributed by atoms with Crippen LogP contribution in [0.1, 0.15) is 41.0 Å². The quantitative estimate of drug-likeness (QED) is 0.592. The molecule has 1 nitrogen and oxygen atoms in total. The standard InChI is InChI=1S/C9H20O/c1-8(2)10-7-6-9(3,4)5/h8H,6-7H2,1-5H3. The summed E-state index contributed by atoms with van der Waals surface area (Å²) in [5.41, 5.74) is 0.412. The highest BCUT2D eigenvalue weighted by Gasteiger charge is 2.09. The van der Waals surface area contributed by atoms with E-state index in [4.69, 9.17) is 4.74 Å². The Labute approximate surface area is 64.8 Å². The third-order valence-electron chi connectivity index (χ3n) is 1.30. The van der Waals surface area contributed by atoms with Gasteiger partial charge in [0.15, 0.2) is 0 Å². The van der Waals surface area contributed by atoms with Crippen LogP contribution in [0, 0.1) is 5.41 Å². The van der Waals surface area contributed by atoms with Gasteiger partial charge in [0, 0.05) is 6.61 Å². The molecule has 0 spiro atoms. The minimum Gasteiger partial charge on any atom is -0.379 e. The zero-order valence-electron chi connectivity index (χ0n) is 7.90. The van der Waals surface area contributed by atoms with E-state index in [0.717, 1.165) is 13.0 Å². The topological polar surface area (TPSA) is 9.23 Å². The largest absolute Gasteiger partial charge is 0.379 e. The Bertz CT molecular complexity index is 79.2. The number of hydrogen-bond acceptors (Lipinski definition) is 1. The van der Waals surface area contributed by atoms with E-state index in [9.17, 15) is 0 Å². The molecule has 0 aliphatic rings. The number of ether oxygens (including phenoxy) is 1. The molecule has 0 fully saturated rings. The van der Waals surface area contributed by atoms with E-state index < -0.39 is 0 Å². The Hall–Kier alpha value is -0.0400. The second kappa shape index (κ2) is 3.97. The van der Waals surface area contributed by atoms with Gasteiger partial charge in [-0.2, -0.15) is 0 Å². The van der Waals surface area contributed by atoms with Crippen LogP contribution in [0.3, 0.4) is 0 Å². The van der Waals surface area contributed by atoms with Crippen molar-refractivity contribution in [3.63, 3.8) is 0 Å². The first-order valence-electron chi connectivity index (χ1n) is 4.03. The molecule has 62 valence electrons. The predicted molar refractivity (Wildman–Crippen MR) is 45.2 cm³/mol. The Morgan fingerprint density at radius 2 is 1.70 bits per heavy atom. The highest BCUT2D eigenvalue weighted by molar-refractivity contribution is 4.60. The molecular weight excluding hydrogens is 124 g/mol. The van der Waals surface area contributed by atoms with Gasteiger partial charge in [-0.15, -0.1) is 0 Å². The lowest BCUT2D eigenvalue weighted by atomic mass is 9.93.